The molecule has 0 aliphatic rings. The number of carbonyl (C=O) groups excluding carboxylic acids is 1. The van der Waals surface area contributed by atoms with Gasteiger partial charge in [0.25, 0.3) is 15.9 Å². The average molecular weight is 515 g/mol. The lowest BCUT2D eigenvalue weighted by Crippen LogP contribution is -2.21. The lowest BCUT2D eigenvalue weighted by atomic mass is 10.2. The lowest BCUT2D eigenvalue weighted by Gasteiger charge is -2.12. The van der Waals surface area contributed by atoms with Crippen molar-refractivity contribution in [2.24, 2.45) is 0 Å². The van der Waals surface area contributed by atoms with Crippen LogP contribution in [-0.4, -0.2) is 28.0 Å². The minimum atomic E-state index is -4.59. The lowest BCUT2D eigenvalue weighted by molar-refractivity contribution is -0.137. The quantitative estimate of drug-likeness (QED) is 0.432. The normalized spacial score (nSPS) is 11.6. The van der Waals surface area contributed by atoms with Crippen molar-refractivity contribution in [2.75, 3.05) is 23.8 Å². The first kappa shape index (κ1) is 25.2. The molecule has 0 fully saturated rings. The number of alkyl halides is 3. The number of methoxy groups -OCH3 is 1. The molecule has 180 valence electrons. The zero-order chi connectivity index (χ0) is 24.9. The Hall–Kier alpha value is -3.44. The topological polar surface area (TPSA) is 93.7 Å². The summed E-state index contributed by atoms with van der Waals surface area (Å²) in [6.07, 6.45) is -4.59. The molecule has 34 heavy (non-hydrogen) atoms. The second-order valence-electron chi connectivity index (χ2n) is 6.83. The Labute approximate surface area is 198 Å². The van der Waals surface area contributed by atoms with Crippen LogP contribution in [0.4, 0.5) is 24.5 Å². The molecule has 0 saturated carbocycles. The standard InChI is InChI=1S/C22H18ClF3N2O5S/c1-32-16-5-3-15(4-6-16)28-34(30,31)18-9-7-17(8-10-18)33-13-21(29)27-20-12-14(22(24,25)26)2-11-19(20)23/h2-12,28H,13H2,1H3,(H,27,29). The predicted octanol–water partition coefficient (Wildman–Crippen LogP) is 5.19. The Morgan fingerprint density at radius 3 is 2.18 bits per heavy atom. The van der Waals surface area contributed by atoms with E-state index in [4.69, 9.17) is 21.1 Å². The summed E-state index contributed by atoms with van der Waals surface area (Å²) in [5.74, 6) is -0.00315. The van der Waals surface area contributed by atoms with Crippen molar-refractivity contribution in [3.63, 3.8) is 0 Å². The molecule has 0 aliphatic heterocycles. The third-order valence-corrected chi connectivity index (χ3v) is 6.14. The molecule has 0 atom stereocenters. The molecule has 0 spiro atoms. The first-order valence-corrected chi connectivity index (χ1v) is 11.4. The fraction of sp³-hybridized carbons (Fsp3) is 0.136. The van der Waals surface area contributed by atoms with E-state index in [-0.39, 0.29) is 21.4 Å². The molecule has 2 N–H and O–H groups in total. The van der Waals surface area contributed by atoms with Crippen molar-refractivity contribution < 1.29 is 35.9 Å². The number of sulfonamides is 1. The van der Waals surface area contributed by atoms with Crippen LogP contribution >= 0.6 is 11.6 Å². The first-order valence-electron chi connectivity index (χ1n) is 9.54. The zero-order valence-corrected chi connectivity index (χ0v) is 19.1. The Morgan fingerprint density at radius 2 is 1.59 bits per heavy atom. The van der Waals surface area contributed by atoms with Gasteiger partial charge in [-0.05, 0) is 66.7 Å². The number of hydrogen-bond acceptors (Lipinski definition) is 5. The number of amides is 1. The molecule has 0 bridgehead atoms. The van der Waals surface area contributed by atoms with Crippen molar-refractivity contribution >= 4 is 38.9 Å². The SMILES string of the molecule is COc1ccc(NS(=O)(=O)c2ccc(OCC(=O)Nc3cc(C(F)(F)F)ccc3Cl)cc2)cc1. The highest BCUT2D eigenvalue weighted by Crippen LogP contribution is 2.33. The largest absolute Gasteiger partial charge is 0.497 e. The molecule has 0 unspecified atom stereocenters. The fourth-order valence-corrected chi connectivity index (χ4v) is 3.94. The first-order chi connectivity index (χ1) is 16.0. The van der Waals surface area contributed by atoms with Crippen LogP contribution in [0.25, 0.3) is 0 Å². The van der Waals surface area contributed by atoms with Gasteiger partial charge in [0.1, 0.15) is 11.5 Å². The highest BCUT2D eigenvalue weighted by Gasteiger charge is 2.31. The molecular weight excluding hydrogens is 497 g/mol. The third-order valence-electron chi connectivity index (χ3n) is 4.41. The highest BCUT2D eigenvalue weighted by atomic mass is 35.5. The maximum Gasteiger partial charge on any atom is 0.416 e. The van der Waals surface area contributed by atoms with E-state index in [1.165, 1.54) is 31.4 Å². The second kappa shape index (κ2) is 10.2. The predicted molar refractivity (Wildman–Crippen MR) is 121 cm³/mol. The van der Waals surface area contributed by atoms with Crippen molar-refractivity contribution in [1.82, 2.24) is 0 Å². The molecule has 12 heteroatoms. The summed E-state index contributed by atoms with van der Waals surface area (Å²) in [6.45, 7) is -0.539. The smallest absolute Gasteiger partial charge is 0.416 e. The number of anilines is 2. The van der Waals surface area contributed by atoms with Crippen molar-refractivity contribution in [2.45, 2.75) is 11.1 Å². The average Bonchev–Trinajstić information content (AvgIpc) is 2.79. The van der Waals surface area contributed by atoms with Crippen LogP contribution in [0.3, 0.4) is 0 Å². The molecule has 3 aromatic rings. The van der Waals surface area contributed by atoms with Gasteiger partial charge >= 0.3 is 6.18 Å². The van der Waals surface area contributed by atoms with Gasteiger partial charge in [0.2, 0.25) is 0 Å². The number of halogens is 4. The number of rotatable bonds is 8. The molecule has 0 aromatic heterocycles. The van der Waals surface area contributed by atoms with Crippen LogP contribution in [-0.2, 0) is 21.0 Å². The summed E-state index contributed by atoms with van der Waals surface area (Å²) < 4.78 is 76.3. The third kappa shape index (κ3) is 6.55. The molecule has 0 saturated heterocycles. The van der Waals surface area contributed by atoms with Crippen LogP contribution in [0, 0.1) is 0 Å². The molecule has 0 radical (unpaired) electrons. The number of hydrogen-bond donors (Lipinski definition) is 2. The maximum atomic E-state index is 12.8. The van der Waals surface area contributed by atoms with Crippen LogP contribution in [0.2, 0.25) is 5.02 Å². The van der Waals surface area contributed by atoms with E-state index in [0.29, 0.717) is 11.4 Å². The van der Waals surface area contributed by atoms with Gasteiger partial charge in [-0.3, -0.25) is 9.52 Å². The van der Waals surface area contributed by atoms with Gasteiger partial charge < -0.3 is 14.8 Å². The van der Waals surface area contributed by atoms with E-state index < -0.39 is 34.3 Å². The fourth-order valence-electron chi connectivity index (χ4n) is 2.72. The summed E-state index contributed by atoms with van der Waals surface area (Å²) in [5.41, 5.74) is -0.838. The van der Waals surface area contributed by atoms with Crippen LogP contribution in [0.1, 0.15) is 5.56 Å². The van der Waals surface area contributed by atoms with Gasteiger partial charge in [0, 0.05) is 5.69 Å². The number of ether oxygens (including phenoxy) is 2. The van der Waals surface area contributed by atoms with Crippen LogP contribution in [0.15, 0.2) is 71.6 Å². The van der Waals surface area contributed by atoms with E-state index in [0.717, 1.165) is 18.2 Å². The van der Waals surface area contributed by atoms with Crippen LogP contribution < -0.4 is 19.5 Å². The van der Waals surface area contributed by atoms with Gasteiger partial charge in [-0.1, -0.05) is 11.6 Å². The molecule has 7 nitrogen and oxygen atoms in total. The molecule has 3 aromatic carbocycles. The number of nitrogens with one attached hydrogen (secondary N) is 2. The van der Waals surface area contributed by atoms with E-state index >= 15 is 0 Å². The van der Waals surface area contributed by atoms with Gasteiger partial charge in [-0.2, -0.15) is 13.2 Å². The zero-order valence-electron chi connectivity index (χ0n) is 17.5. The van der Waals surface area contributed by atoms with E-state index in [2.05, 4.69) is 10.0 Å². The molecule has 0 aliphatic carbocycles. The summed E-state index contributed by atoms with van der Waals surface area (Å²) in [7, 11) is -2.38. The second-order valence-corrected chi connectivity index (χ2v) is 8.92. The molecular formula is C22H18ClF3N2O5S. The summed E-state index contributed by atoms with van der Waals surface area (Å²) in [4.78, 5) is 12.0. The van der Waals surface area contributed by atoms with Gasteiger partial charge in [0.15, 0.2) is 6.61 Å². The molecule has 3 rings (SSSR count). The molecule has 1 amide bonds. The molecule has 0 heterocycles. The Kier molecular flexibility index (Phi) is 7.57. The van der Waals surface area contributed by atoms with Gasteiger partial charge in [-0.15, -0.1) is 0 Å². The van der Waals surface area contributed by atoms with Crippen molar-refractivity contribution in [3.8, 4) is 11.5 Å². The van der Waals surface area contributed by atoms with Crippen molar-refractivity contribution in [1.29, 1.82) is 0 Å². The van der Waals surface area contributed by atoms with Crippen molar-refractivity contribution in [3.05, 3.63) is 77.3 Å². The van der Waals surface area contributed by atoms with E-state index in [1.807, 2.05) is 0 Å². The van der Waals surface area contributed by atoms with Gasteiger partial charge in [-0.25, -0.2) is 8.42 Å². The van der Waals surface area contributed by atoms with E-state index in [1.54, 1.807) is 24.3 Å². The monoisotopic (exact) mass is 514 g/mol. The summed E-state index contributed by atoms with van der Waals surface area (Å²) >= 11 is 5.85. The Bertz CT molecular complexity index is 1270. The number of carbonyl (C=O) groups is 1. The maximum absolute atomic E-state index is 12.8. The Balaban J connectivity index is 1.60. The summed E-state index contributed by atoms with van der Waals surface area (Å²) in [6, 6.07) is 14.1. The van der Waals surface area contributed by atoms with Crippen LogP contribution in [0.5, 0.6) is 11.5 Å². The minimum Gasteiger partial charge on any atom is -0.497 e. The van der Waals surface area contributed by atoms with Gasteiger partial charge in [0.05, 0.1) is 28.3 Å². The Morgan fingerprint density at radius 1 is 0.971 bits per heavy atom. The number of benzene rings is 3. The highest BCUT2D eigenvalue weighted by molar-refractivity contribution is 7.92. The summed E-state index contributed by atoms with van der Waals surface area (Å²) in [5, 5.41) is 2.18. The van der Waals surface area contributed by atoms with E-state index in [9.17, 15) is 26.4 Å². The minimum absolute atomic E-state index is 0.0455.